The van der Waals surface area contributed by atoms with Crippen molar-refractivity contribution < 1.29 is 21.6 Å². The highest BCUT2D eigenvalue weighted by molar-refractivity contribution is 7.89. The summed E-state index contributed by atoms with van der Waals surface area (Å²) in [6.07, 6.45) is -4.11. The van der Waals surface area contributed by atoms with Crippen LogP contribution < -0.4 is 4.72 Å². The number of hydrogen-bond acceptors (Lipinski definition) is 2. The molecule has 0 aliphatic carbocycles. The molecule has 19 heavy (non-hydrogen) atoms. The lowest BCUT2D eigenvalue weighted by Crippen LogP contribution is -2.32. The highest BCUT2D eigenvalue weighted by Gasteiger charge is 2.32. The van der Waals surface area contributed by atoms with Gasteiger partial charge in [-0.25, -0.2) is 13.1 Å². The topological polar surface area (TPSA) is 46.2 Å². The number of alkyl halides is 3. The van der Waals surface area contributed by atoms with Gasteiger partial charge in [0.25, 0.3) is 0 Å². The van der Waals surface area contributed by atoms with Gasteiger partial charge in [-0.1, -0.05) is 18.5 Å². The smallest absolute Gasteiger partial charge is 0.208 e. The average Bonchev–Trinajstić information content (AvgIpc) is 2.26. The number of halogens is 4. The Balaban J connectivity index is 3.26. The molecular weight excluding hydrogens is 303 g/mol. The number of rotatable bonds is 4. The summed E-state index contributed by atoms with van der Waals surface area (Å²) in [5.74, 6) is 0. The first-order valence-electron chi connectivity index (χ1n) is 5.47. The molecule has 1 aromatic rings. The molecule has 8 heteroatoms. The third-order valence-electron chi connectivity index (χ3n) is 2.52. The molecule has 1 atom stereocenters. The fraction of sp³-hybridized carbons (Fsp3) is 0.455. The lowest BCUT2D eigenvalue weighted by molar-refractivity contribution is -0.137. The van der Waals surface area contributed by atoms with Crippen molar-refractivity contribution in [2.75, 3.05) is 0 Å². The molecule has 1 N–H and O–H groups in total. The molecule has 0 saturated carbocycles. The van der Waals surface area contributed by atoms with E-state index in [1.165, 1.54) is 0 Å². The highest BCUT2D eigenvalue weighted by Crippen LogP contribution is 2.33. The Morgan fingerprint density at radius 2 is 1.95 bits per heavy atom. The van der Waals surface area contributed by atoms with E-state index in [0.717, 1.165) is 12.1 Å². The summed E-state index contributed by atoms with van der Waals surface area (Å²) in [5.41, 5.74) is -1.05. The summed E-state index contributed by atoms with van der Waals surface area (Å²) < 4.78 is 63.8. The van der Waals surface area contributed by atoms with Crippen molar-refractivity contribution >= 4 is 21.6 Å². The van der Waals surface area contributed by atoms with Crippen LogP contribution in [0.1, 0.15) is 25.8 Å². The van der Waals surface area contributed by atoms with Gasteiger partial charge in [0.05, 0.1) is 10.6 Å². The van der Waals surface area contributed by atoms with Crippen LogP contribution in [0.2, 0.25) is 5.02 Å². The van der Waals surface area contributed by atoms with Crippen molar-refractivity contribution in [3.05, 3.63) is 28.8 Å². The molecule has 0 fully saturated rings. The maximum atomic E-state index is 12.6. The summed E-state index contributed by atoms with van der Waals surface area (Å²) in [5, 5.41) is -0.246. The Hall–Kier alpha value is -0.790. The van der Waals surface area contributed by atoms with Crippen molar-refractivity contribution in [2.45, 2.75) is 37.4 Å². The standard InChI is InChI=1S/C11H13ClF3NO2S/c1-3-7(2)16-19(17,18)10-6-8(11(13,14)15)4-5-9(10)12/h4-7,16H,3H2,1-2H3/t7-/m0/s1. The van der Waals surface area contributed by atoms with Crippen LogP contribution in [-0.4, -0.2) is 14.5 Å². The van der Waals surface area contributed by atoms with E-state index in [-0.39, 0.29) is 5.02 Å². The Bertz CT molecular complexity index is 558. The molecule has 0 spiro atoms. The zero-order chi connectivity index (χ0) is 14.8. The number of hydrogen-bond donors (Lipinski definition) is 1. The van der Waals surface area contributed by atoms with E-state index in [0.29, 0.717) is 12.5 Å². The number of sulfonamides is 1. The van der Waals surface area contributed by atoms with Gasteiger partial charge in [-0.2, -0.15) is 13.2 Å². The Morgan fingerprint density at radius 3 is 2.42 bits per heavy atom. The van der Waals surface area contributed by atoms with E-state index in [1.54, 1.807) is 13.8 Å². The third kappa shape index (κ3) is 4.09. The van der Waals surface area contributed by atoms with E-state index in [9.17, 15) is 21.6 Å². The zero-order valence-electron chi connectivity index (χ0n) is 10.3. The van der Waals surface area contributed by atoms with Gasteiger partial charge in [0.15, 0.2) is 0 Å². The number of nitrogens with one attached hydrogen (secondary N) is 1. The molecule has 0 unspecified atom stereocenters. The highest BCUT2D eigenvalue weighted by atomic mass is 35.5. The van der Waals surface area contributed by atoms with E-state index in [1.807, 2.05) is 0 Å². The van der Waals surface area contributed by atoms with Crippen molar-refractivity contribution in [1.29, 1.82) is 0 Å². The first-order valence-corrected chi connectivity index (χ1v) is 7.33. The van der Waals surface area contributed by atoms with Gasteiger partial charge in [-0.15, -0.1) is 0 Å². The summed E-state index contributed by atoms with van der Waals surface area (Å²) >= 11 is 5.67. The van der Waals surface area contributed by atoms with Crippen LogP contribution in [0, 0.1) is 0 Å². The second-order valence-corrected chi connectivity index (χ2v) is 6.16. The molecule has 0 aromatic heterocycles. The van der Waals surface area contributed by atoms with Crippen LogP contribution in [0.25, 0.3) is 0 Å². The predicted octanol–water partition coefficient (Wildman–Crippen LogP) is 3.44. The van der Waals surface area contributed by atoms with Gasteiger partial charge in [-0.3, -0.25) is 0 Å². The second kappa shape index (κ2) is 5.68. The SMILES string of the molecule is CC[C@H](C)NS(=O)(=O)c1cc(C(F)(F)F)ccc1Cl. The third-order valence-corrected chi connectivity index (χ3v) is 4.59. The first-order chi connectivity index (χ1) is 8.58. The lowest BCUT2D eigenvalue weighted by Gasteiger charge is -2.14. The Morgan fingerprint density at radius 1 is 1.37 bits per heavy atom. The summed E-state index contributed by atoms with van der Waals surface area (Å²) in [7, 11) is -4.07. The van der Waals surface area contributed by atoms with Crippen LogP contribution in [0.15, 0.2) is 23.1 Å². The number of benzene rings is 1. The van der Waals surface area contributed by atoms with Gasteiger partial charge in [0.1, 0.15) is 4.90 Å². The molecular formula is C11H13ClF3NO2S. The van der Waals surface area contributed by atoms with Crippen LogP contribution in [0.4, 0.5) is 13.2 Å². The van der Waals surface area contributed by atoms with Crippen LogP contribution >= 0.6 is 11.6 Å². The molecule has 0 radical (unpaired) electrons. The molecule has 0 bridgehead atoms. The summed E-state index contributed by atoms with van der Waals surface area (Å²) in [4.78, 5) is -0.565. The molecule has 0 amide bonds. The average molecular weight is 316 g/mol. The molecule has 0 saturated heterocycles. The van der Waals surface area contributed by atoms with Gasteiger partial charge in [-0.05, 0) is 31.5 Å². The molecule has 108 valence electrons. The van der Waals surface area contributed by atoms with Gasteiger partial charge >= 0.3 is 6.18 Å². The van der Waals surface area contributed by atoms with Crippen molar-refractivity contribution in [1.82, 2.24) is 4.72 Å². The van der Waals surface area contributed by atoms with Crippen molar-refractivity contribution in [2.24, 2.45) is 0 Å². The normalized spacial score (nSPS) is 14.4. The largest absolute Gasteiger partial charge is 0.416 e. The Kier molecular flexibility index (Phi) is 4.86. The van der Waals surface area contributed by atoms with E-state index in [2.05, 4.69) is 4.72 Å². The van der Waals surface area contributed by atoms with Gasteiger partial charge in [0.2, 0.25) is 10.0 Å². The van der Waals surface area contributed by atoms with Crippen LogP contribution in [0.5, 0.6) is 0 Å². The lowest BCUT2D eigenvalue weighted by atomic mass is 10.2. The van der Waals surface area contributed by atoms with E-state index < -0.39 is 32.7 Å². The molecule has 0 aliphatic heterocycles. The predicted molar refractivity (Wildman–Crippen MR) is 66.5 cm³/mol. The maximum Gasteiger partial charge on any atom is 0.416 e. The minimum atomic E-state index is -4.62. The maximum absolute atomic E-state index is 12.6. The quantitative estimate of drug-likeness (QED) is 0.925. The fourth-order valence-corrected chi connectivity index (χ4v) is 3.15. The molecule has 0 heterocycles. The van der Waals surface area contributed by atoms with Crippen molar-refractivity contribution in [3.63, 3.8) is 0 Å². The summed E-state index contributed by atoms with van der Waals surface area (Å²) in [6, 6.07) is 1.81. The first kappa shape index (κ1) is 16.3. The summed E-state index contributed by atoms with van der Waals surface area (Å²) in [6.45, 7) is 3.36. The van der Waals surface area contributed by atoms with E-state index >= 15 is 0 Å². The Labute approximate surface area is 114 Å². The fourth-order valence-electron chi connectivity index (χ4n) is 1.30. The van der Waals surface area contributed by atoms with E-state index in [4.69, 9.17) is 11.6 Å². The monoisotopic (exact) mass is 315 g/mol. The molecule has 1 rings (SSSR count). The van der Waals surface area contributed by atoms with Crippen LogP contribution in [-0.2, 0) is 16.2 Å². The zero-order valence-corrected chi connectivity index (χ0v) is 11.8. The minimum Gasteiger partial charge on any atom is -0.208 e. The molecule has 0 aliphatic rings. The van der Waals surface area contributed by atoms with Gasteiger partial charge in [0, 0.05) is 6.04 Å². The van der Waals surface area contributed by atoms with Crippen molar-refractivity contribution in [3.8, 4) is 0 Å². The molecule has 1 aromatic carbocycles. The van der Waals surface area contributed by atoms with Gasteiger partial charge < -0.3 is 0 Å². The van der Waals surface area contributed by atoms with Crippen LogP contribution in [0.3, 0.4) is 0 Å². The molecule has 3 nitrogen and oxygen atoms in total. The minimum absolute atomic E-state index is 0.246. The second-order valence-electron chi connectivity index (χ2n) is 4.07.